The zero-order valence-corrected chi connectivity index (χ0v) is 12.7. The summed E-state index contributed by atoms with van der Waals surface area (Å²) in [5, 5.41) is 0. The van der Waals surface area contributed by atoms with E-state index in [0.29, 0.717) is 24.0 Å². The number of hydrogen-bond donors (Lipinski definition) is 0. The first kappa shape index (κ1) is 13.9. The van der Waals surface area contributed by atoms with Gasteiger partial charge in [0.1, 0.15) is 6.04 Å². The molecule has 2 heterocycles. The first-order valence-electron chi connectivity index (χ1n) is 7.39. The van der Waals surface area contributed by atoms with Crippen molar-refractivity contribution in [2.24, 2.45) is 0 Å². The zero-order valence-electron chi connectivity index (χ0n) is 12.7. The maximum absolute atomic E-state index is 12.5. The molecule has 3 heteroatoms. The van der Waals surface area contributed by atoms with Gasteiger partial charge in [0.05, 0.1) is 5.54 Å². The van der Waals surface area contributed by atoms with Crippen LogP contribution in [0.15, 0.2) is 0 Å². The molecule has 0 aliphatic carbocycles. The quantitative estimate of drug-likeness (QED) is 0.705. The molecule has 3 atom stereocenters. The molecule has 2 fully saturated rings. The summed E-state index contributed by atoms with van der Waals surface area (Å²) in [6.45, 7) is 13.2. The average molecular weight is 252 g/mol. The lowest BCUT2D eigenvalue weighted by Crippen LogP contribution is -2.79. The van der Waals surface area contributed by atoms with Gasteiger partial charge in [0.25, 0.3) is 0 Å². The average Bonchev–Trinajstić information content (AvgIpc) is 2.22. The highest BCUT2D eigenvalue weighted by Gasteiger charge is 2.58. The summed E-state index contributed by atoms with van der Waals surface area (Å²) >= 11 is 0. The number of rotatable bonds is 2. The van der Waals surface area contributed by atoms with Crippen molar-refractivity contribution in [2.45, 2.75) is 90.5 Å². The Morgan fingerprint density at radius 2 is 1.67 bits per heavy atom. The van der Waals surface area contributed by atoms with Crippen LogP contribution in [0.4, 0.5) is 0 Å². The predicted molar refractivity (Wildman–Crippen MR) is 74.5 cm³/mol. The minimum Gasteiger partial charge on any atom is -0.332 e. The van der Waals surface area contributed by atoms with Crippen LogP contribution >= 0.6 is 0 Å². The fourth-order valence-electron chi connectivity index (χ4n) is 4.15. The molecule has 0 aromatic carbocycles. The van der Waals surface area contributed by atoms with Crippen LogP contribution in [0.5, 0.6) is 0 Å². The number of likely N-dealkylation sites (tertiary alicyclic amines) is 2. The van der Waals surface area contributed by atoms with Gasteiger partial charge in [-0.3, -0.25) is 9.69 Å². The van der Waals surface area contributed by atoms with E-state index in [1.165, 1.54) is 19.3 Å². The van der Waals surface area contributed by atoms with Gasteiger partial charge in [-0.2, -0.15) is 0 Å². The molecule has 0 radical (unpaired) electrons. The van der Waals surface area contributed by atoms with Crippen LogP contribution in [0.3, 0.4) is 0 Å². The molecular weight excluding hydrogens is 224 g/mol. The SMILES string of the molecule is CC(C)N1C(=O)C(N2[C@H](C)CCC[C@@H]2C)C1(C)C. The lowest BCUT2D eigenvalue weighted by Gasteiger charge is -2.62. The molecule has 1 amide bonds. The number of nitrogens with zero attached hydrogens (tertiary/aromatic N) is 2. The van der Waals surface area contributed by atoms with Crippen molar-refractivity contribution in [1.29, 1.82) is 0 Å². The Kier molecular flexibility index (Phi) is 3.48. The van der Waals surface area contributed by atoms with E-state index in [9.17, 15) is 4.79 Å². The molecule has 0 aromatic heterocycles. The van der Waals surface area contributed by atoms with Crippen molar-refractivity contribution in [3.8, 4) is 0 Å². The number of hydrogen-bond acceptors (Lipinski definition) is 2. The molecule has 0 N–H and O–H groups in total. The zero-order chi connectivity index (χ0) is 13.7. The lowest BCUT2D eigenvalue weighted by molar-refractivity contribution is -0.182. The number of amides is 1. The van der Waals surface area contributed by atoms with E-state index in [-0.39, 0.29) is 11.6 Å². The Morgan fingerprint density at radius 1 is 1.17 bits per heavy atom. The minimum atomic E-state index is -0.0227. The smallest absolute Gasteiger partial charge is 0.243 e. The molecule has 0 aromatic rings. The van der Waals surface area contributed by atoms with Crippen molar-refractivity contribution >= 4 is 5.91 Å². The minimum absolute atomic E-state index is 0.0227. The van der Waals surface area contributed by atoms with Gasteiger partial charge in [0.2, 0.25) is 5.91 Å². The normalized spacial score (nSPS) is 36.9. The molecule has 0 saturated carbocycles. The Morgan fingerprint density at radius 3 is 2.06 bits per heavy atom. The maximum atomic E-state index is 12.5. The van der Waals surface area contributed by atoms with E-state index in [0.717, 1.165) is 0 Å². The van der Waals surface area contributed by atoms with Crippen molar-refractivity contribution in [3.05, 3.63) is 0 Å². The molecular formula is C15H28N2O. The van der Waals surface area contributed by atoms with Crippen molar-refractivity contribution in [2.75, 3.05) is 0 Å². The first-order chi connectivity index (χ1) is 8.28. The van der Waals surface area contributed by atoms with Gasteiger partial charge in [-0.1, -0.05) is 6.42 Å². The number of piperidine rings is 1. The summed E-state index contributed by atoms with van der Waals surface area (Å²) in [7, 11) is 0. The summed E-state index contributed by atoms with van der Waals surface area (Å²) in [5.41, 5.74) is -0.0227. The third kappa shape index (κ3) is 1.87. The van der Waals surface area contributed by atoms with E-state index >= 15 is 0 Å². The summed E-state index contributed by atoms with van der Waals surface area (Å²) in [6.07, 6.45) is 3.76. The molecule has 0 spiro atoms. The maximum Gasteiger partial charge on any atom is 0.243 e. The molecule has 2 aliphatic heterocycles. The second-order valence-corrected chi connectivity index (χ2v) is 6.93. The van der Waals surface area contributed by atoms with E-state index in [4.69, 9.17) is 0 Å². The molecule has 0 bridgehead atoms. The first-order valence-corrected chi connectivity index (χ1v) is 7.39. The van der Waals surface area contributed by atoms with Gasteiger partial charge in [-0.05, 0) is 54.4 Å². The van der Waals surface area contributed by atoms with E-state index in [1.807, 2.05) is 4.90 Å². The van der Waals surface area contributed by atoms with Crippen LogP contribution in [0.1, 0.15) is 60.8 Å². The fraction of sp³-hybridized carbons (Fsp3) is 0.933. The largest absolute Gasteiger partial charge is 0.332 e. The molecule has 3 nitrogen and oxygen atoms in total. The van der Waals surface area contributed by atoms with Crippen molar-refractivity contribution in [3.63, 3.8) is 0 Å². The number of carbonyl (C=O) groups excluding carboxylic acids is 1. The predicted octanol–water partition coefficient (Wildman–Crippen LogP) is 2.65. The molecule has 2 rings (SSSR count). The summed E-state index contributed by atoms with van der Waals surface area (Å²) in [6, 6.07) is 1.47. The molecule has 18 heavy (non-hydrogen) atoms. The van der Waals surface area contributed by atoms with Crippen LogP contribution in [-0.2, 0) is 4.79 Å². The summed E-state index contributed by atoms with van der Waals surface area (Å²) in [5.74, 6) is 0.329. The highest BCUT2D eigenvalue weighted by molar-refractivity contribution is 5.91. The van der Waals surface area contributed by atoms with Gasteiger partial charge in [-0.25, -0.2) is 0 Å². The van der Waals surface area contributed by atoms with Crippen LogP contribution < -0.4 is 0 Å². The summed E-state index contributed by atoms with van der Waals surface area (Å²) in [4.78, 5) is 17.0. The van der Waals surface area contributed by atoms with Crippen molar-refractivity contribution in [1.82, 2.24) is 9.80 Å². The van der Waals surface area contributed by atoms with Crippen molar-refractivity contribution < 1.29 is 4.79 Å². The standard InChI is InChI=1S/C15H28N2O/c1-10(2)17-14(18)13(15(17,5)6)16-11(3)8-7-9-12(16)4/h10-13H,7-9H2,1-6H3/t11-,12+,13?. The van der Waals surface area contributed by atoms with Gasteiger partial charge in [0.15, 0.2) is 0 Å². The van der Waals surface area contributed by atoms with E-state index < -0.39 is 0 Å². The molecule has 2 saturated heterocycles. The van der Waals surface area contributed by atoms with Gasteiger partial charge in [-0.15, -0.1) is 0 Å². The Bertz CT molecular complexity index is 327. The highest BCUT2D eigenvalue weighted by atomic mass is 16.2. The Labute approximate surface area is 112 Å². The van der Waals surface area contributed by atoms with Crippen LogP contribution in [0.2, 0.25) is 0 Å². The third-order valence-corrected chi connectivity index (χ3v) is 4.84. The van der Waals surface area contributed by atoms with Gasteiger partial charge >= 0.3 is 0 Å². The fourth-order valence-corrected chi connectivity index (χ4v) is 4.15. The summed E-state index contributed by atoms with van der Waals surface area (Å²) < 4.78 is 0. The second-order valence-electron chi connectivity index (χ2n) is 6.93. The third-order valence-electron chi connectivity index (χ3n) is 4.84. The van der Waals surface area contributed by atoms with Crippen LogP contribution in [0.25, 0.3) is 0 Å². The van der Waals surface area contributed by atoms with Gasteiger partial charge in [0, 0.05) is 18.1 Å². The van der Waals surface area contributed by atoms with Crippen LogP contribution in [0, 0.1) is 0 Å². The number of β-lactam (4-membered cyclic amide) rings is 1. The molecule has 1 unspecified atom stereocenters. The monoisotopic (exact) mass is 252 g/mol. The Balaban J connectivity index is 2.21. The second kappa shape index (κ2) is 4.52. The molecule has 2 aliphatic rings. The van der Waals surface area contributed by atoms with E-state index in [2.05, 4.69) is 46.4 Å². The molecule has 104 valence electrons. The topological polar surface area (TPSA) is 23.6 Å². The highest BCUT2D eigenvalue weighted by Crippen LogP contribution is 2.41. The Hall–Kier alpha value is -0.570. The van der Waals surface area contributed by atoms with E-state index in [1.54, 1.807) is 0 Å². The number of carbonyl (C=O) groups is 1. The lowest BCUT2D eigenvalue weighted by atomic mass is 9.77. The van der Waals surface area contributed by atoms with Gasteiger partial charge < -0.3 is 4.90 Å². The van der Waals surface area contributed by atoms with Crippen LogP contribution in [-0.4, -0.2) is 45.4 Å².